The zero-order valence-electron chi connectivity index (χ0n) is 14.8. The number of hydrogen-bond acceptors (Lipinski definition) is 4. The minimum Gasteiger partial charge on any atom is -0.375 e. The van der Waals surface area contributed by atoms with Crippen molar-refractivity contribution >= 4 is 17.5 Å². The van der Waals surface area contributed by atoms with Gasteiger partial charge in [0.1, 0.15) is 6.61 Å². The van der Waals surface area contributed by atoms with Crippen molar-refractivity contribution in [1.82, 2.24) is 10.6 Å². The Morgan fingerprint density at radius 1 is 1.16 bits per heavy atom. The number of anilines is 1. The summed E-state index contributed by atoms with van der Waals surface area (Å²) in [5.74, 6) is 0.612. The van der Waals surface area contributed by atoms with Crippen molar-refractivity contribution in [3.63, 3.8) is 0 Å². The van der Waals surface area contributed by atoms with Gasteiger partial charge in [0.05, 0.1) is 5.56 Å². The van der Waals surface area contributed by atoms with Gasteiger partial charge in [-0.2, -0.15) is 0 Å². The first kappa shape index (κ1) is 17.7. The molecule has 136 valence electrons. The number of ether oxygens (including phenoxy) is 1. The molecule has 2 amide bonds. The second kappa shape index (κ2) is 8.34. The van der Waals surface area contributed by atoms with Gasteiger partial charge in [-0.1, -0.05) is 12.1 Å². The Balaban J connectivity index is 1.57. The number of para-hydroxylation sites is 1. The van der Waals surface area contributed by atoms with Crippen molar-refractivity contribution in [3.05, 3.63) is 29.8 Å². The van der Waals surface area contributed by atoms with Crippen molar-refractivity contribution in [2.45, 2.75) is 31.7 Å². The number of benzene rings is 1. The van der Waals surface area contributed by atoms with Crippen LogP contribution in [-0.2, 0) is 9.53 Å². The maximum Gasteiger partial charge on any atom is 0.253 e. The van der Waals surface area contributed by atoms with Crippen molar-refractivity contribution in [1.29, 1.82) is 0 Å². The second-order valence-electron chi connectivity index (χ2n) is 6.93. The summed E-state index contributed by atoms with van der Waals surface area (Å²) in [4.78, 5) is 26.4. The van der Waals surface area contributed by atoms with E-state index in [1.807, 2.05) is 24.3 Å². The molecule has 0 atom stereocenters. The maximum absolute atomic E-state index is 12.5. The van der Waals surface area contributed by atoms with Gasteiger partial charge in [-0.15, -0.1) is 0 Å². The number of methoxy groups -OCH3 is 1. The molecular formula is C19H27N3O3. The number of carbonyl (C=O) groups excluding carboxylic acids is 2. The van der Waals surface area contributed by atoms with Crippen LogP contribution in [0.25, 0.3) is 0 Å². The Morgan fingerprint density at radius 2 is 1.88 bits per heavy atom. The first-order valence-electron chi connectivity index (χ1n) is 9.08. The van der Waals surface area contributed by atoms with Crippen LogP contribution in [0.5, 0.6) is 0 Å². The predicted molar refractivity (Wildman–Crippen MR) is 96.8 cm³/mol. The minimum absolute atomic E-state index is 0.0121. The summed E-state index contributed by atoms with van der Waals surface area (Å²) in [5, 5.41) is 6.05. The lowest BCUT2D eigenvalue weighted by atomic mass is 10.0. The van der Waals surface area contributed by atoms with Crippen molar-refractivity contribution in [3.8, 4) is 0 Å². The topological polar surface area (TPSA) is 70.7 Å². The Labute approximate surface area is 148 Å². The molecule has 2 N–H and O–H groups in total. The van der Waals surface area contributed by atoms with Crippen LogP contribution < -0.4 is 15.5 Å². The summed E-state index contributed by atoms with van der Waals surface area (Å²) in [5.41, 5.74) is 1.72. The lowest BCUT2D eigenvalue weighted by Crippen LogP contribution is -2.46. The number of carbonyl (C=O) groups is 2. The molecule has 0 spiro atoms. The minimum atomic E-state index is -0.0687. The van der Waals surface area contributed by atoms with E-state index in [0.29, 0.717) is 5.92 Å². The van der Waals surface area contributed by atoms with E-state index in [0.717, 1.165) is 43.7 Å². The third-order valence-electron chi connectivity index (χ3n) is 4.87. The maximum atomic E-state index is 12.5. The molecule has 3 rings (SSSR count). The standard InChI is InChI=1S/C19H27N3O3/c1-25-13-18(23)21-15-8-10-22(11-9-15)17-5-3-2-4-16(17)19(24)20-12-14-6-7-14/h2-5,14-15H,6-13H2,1H3,(H,20,24)(H,21,23). The molecule has 6 heteroatoms. The largest absolute Gasteiger partial charge is 0.375 e. The highest BCUT2D eigenvalue weighted by atomic mass is 16.5. The smallest absolute Gasteiger partial charge is 0.253 e. The van der Waals surface area contributed by atoms with Gasteiger partial charge in [0.15, 0.2) is 0 Å². The third-order valence-corrected chi connectivity index (χ3v) is 4.87. The Bertz CT molecular complexity index is 608. The highest BCUT2D eigenvalue weighted by Crippen LogP contribution is 2.28. The van der Waals surface area contributed by atoms with Crippen molar-refractivity contribution < 1.29 is 14.3 Å². The summed E-state index contributed by atoms with van der Waals surface area (Å²) in [6, 6.07) is 7.96. The van der Waals surface area contributed by atoms with Crippen LogP contribution in [0.3, 0.4) is 0 Å². The van der Waals surface area contributed by atoms with Crippen LogP contribution in [-0.4, -0.2) is 51.2 Å². The molecule has 2 aliphatic rings. The van der Waals surface area contributed by atoms with E-state index in [4.69, 9.17) is 4.74 Å². The number of hydrogen-bond donors (Lipinski definition) is 2. The number of nitrogens with zero attached hydrogens (tertiary/aromatic N) is 1. The Kier molecular flexibility index (Phi) is 5.91. The number of piperidine rings is 1. The second-order valence-corrected chi connectivity index (χ2v) is 6.93. The van der Waals surface area contributed by atoms with E-state index in [1.165, 1.54) is 20.0 Å². The van der Waals surface area contributed by atoms with Crippen LogP contribution in [0, 0.1) is 5.92 Å². The van der Waals surface area contributed by atoms with Crippen molar-refractivity contribution in [2.75, 3.05) is 38.3 Å². The average Bonchev–Trinajstić information content (AvgIpc) is 3.45. The van der Waals surface area contributed by atoms with Crippen molar-refractivity contribution in [2.24, 2.45) is 5.92 Å². The van der Waals surface area contributed by atoms with Gasteiger partial charge >= 0.3 is 0 Å². The molecule has 1 heterocycles. The SMILES string of the molecule is COCC(=O)NC1CCN(c2ccccc2C(=O)NCC2CC2)CC1. The quantitative estimate of drug-likeness (QED) is 0.787. The highest BCUT2D eigenvalue weighted by Gasteiger charge is 2.25. The molecule has 1 saturated carbocycles. The predicted octanol–water partition coefficient (Wildman–Crippen LogP) is 1.56. The third kappa shape index (κ3) is 4.95. The first-order valence-corrected chi connectivity index (χ1v) is 9.08. The van der Waals surface area contributed by atoms with Gasteiger partial charge < -0.3 is 20.3 Å². The molecule has 1 aromatic rings. The van der Waals surface area contributed by atoms with Crippen LogP contribution in [0.2, 0.25) is 0 Å². The molecule has 25 heavy (non-hydrogen) atoms. The van der Waals surface area contributed by atoms with Crippen LogP contribution in [0.15, 0.2) is 24.3 Å². The molecule has 6 nitrogen and oxygen atoms in total. The van der Waals surface area contributed by atoms with Gasteiger partial charge in [0.2, 0.25) is 5.91 Å². The zero-order valence-corrected chi connectivity index (χ0v) is 14.8. The normalized spacial score (nSPS) is 18.0. The van der Waals surface area contributed by atoms with Crippen LogP contribution in [0.4, 0.5) is 5.69 Å². The van der Waals surface area contributed by atoms with E-state index in [9.17, 15) is 9.59 Å². The highest BCUT2D eigenvalue weighted by molar-refractivity contribution is 5.99. The zero-order chi connectivity index (χ0) is 17.6. The fraction of sp³-hybridized carbons (Fsp3) is 0.579. The molecule has 0 bridgehead atoms. The molecule has 1 aliphatic carbocycles. The van der Waals surface area contributed by atoms with Gasteiger partial charge in [0.25, 0.3) is 5.91 Å². The van der Waals surface area contributed by atoms with E-state index in [-0.39, 0.29) is 24.5 Å². The van der Waals surface area contributed by atoms with Gasteiger partial charge in [-0.25, -0.2) is 0 Å². The van der Waals surface area contributed by atoms with E-state index in [2.05, 4.69) is 15.5 Å². The summed E-state index contributed by atoms with van der Waals surface area (Å²) in [6.07, 6.45) is 4.19. The van der Waals surface area contributed by atoms with E-state index in [1.54, 1.807) is 0 Å². The monoisotopic (exact) mass is 345 g/mol. The summed E-state index contributed by atoms with van der Waals surface area (Å²) >= 11 is 0. The van der Waals surface area contributed by atoms with Gasteiger partial charge in [-0.3, -0.25) is 9.59 Å². The molecule has 0 aromatic heterocycles. The molecule has 0 unspecified atom stereocenters. The van der Waals surface area contributed by atoms with E-state index >= 15 is 0 Å². The van der Waals surface area contributed by atoms with E-state index < -0.39 is 0 Å². The lowest BCUT2D eigenvalue weighted by molar-refractivity contribution is -0.125. The average molecular weight is 345 g/mol. The molecule has 0 radical (unpaired) electrons. The number of nitrogens with one attached hydrogen (secondary N) is 2. The fourth-order valence-electron chi connectivity index (χ4n) is 3.26. The Hall–Kier alpha value is -2.08. The Morgan fingerprint density at radius 3 is 2.56 bits per heavy atom. The lowest BCUT2D eigenvalue weighted by Gasteiger charge is -2.34. The van der Waals surface area contributed by atoms with Gasteiger partial charge in [-0.05, 0) is 43.7 Å². The molecule has 1 aliphatic heterocycles. The fourth-order valence-corrected chi connectivity index (χ4v) is 3.26. The molecule has 1 saturated heterocycles. The van der Waals surface area contributed by atoms with Crippen LogP contribution in [0.1, 0.15) is 36.0 Å². The van der Waals surface area contributed by atoms with Crippen LogP contribution >= 0.6 is 0 Å². The summed E-state index contributed by atoms with van der Waals surface area (Å²) in [6.45, 7) is 2.53. The van der Waals surface area contributed by atoms with Gasteiger partial charge in [0, 0.05) is 38.5 Å². The number of amides is 2. The summed E-state index contributed by atoms with van der Waals surface area (Å²) < 4.78 is 4.85. The summed E-state index contributed by atoms with van der Waals surface area (Å²) in [7, 11) is 1.52. The number of rotatable bonds is 7. The molecule has 1 aromatic carbocycles. The molecular weight excluding hydrogens is 318 g/mol. The first-order chi connectivity index (χ1) is 12.2. The molecule has 2 fully saturated rings.